The molecule has 2 N–H and O–H groups in total. The van der Waals surface area contributed by atoms with Crippen LogP contribution >= 0.6 is 22.6 Å². The van der Waals surface area contributed by atoms with Gasteiger partial charge >= 0.3 is 12.0 Å². The summed E-state index contributed by atoms with van der Waals surface area (Å²) >= 11 is 2.17. The first-order chi connectivity index (χ1) is 8.61. The molecule has 0 aliphatic heterocycles. The van der Waals surface area contributed by atoms with E-state index in [4.69, 9.17) is 4.74 Å². The summed E-state index contributed by atoms with van der Waals surface area (Å²) < 4.78 is 5.78. The van der Waals surface area contributed by atoms with Gasteiger partial charge in [0, 0.05) is 15.8 Å². The molecular formula is C12H15IN2O3. The Balaban J connectivity index is 2.28. The van der Waals surface area contributed by atoms with Gasteiger partial charge in [0.2, 0.25) is 0 Å². The van der Waals surface area contributed by atoms with E-state index in [1.54, 1.807) is 13.0 Å². The minimum absolute atomic E-state index is 0.174. The van der Waals surface area contributed by atoms with Crippen LogP contribution < -0.4 is 10.6 Å². The Kier molecular flexibility index (Phi) is 6.48. The second kappa shape index (κ2) is 7.91. The number of carbonyl (C=O) groups is 2. The molecule has 0 heterocycles. The van der Waals surface area contributed by atoms with Crippen molar-refractivity contribution in [2.75, 3.05) is 18.5 Å². The number of anilines is 1. The predicted molar refractivity (Wildman–Crippen MR) is 77.4 cm³/mol. The Hall–Kier alpha value is -1.31. The van der Waals surface area contributed by atoms with E-state index in [1.807, 2.05) is 18.2 Å². The highest BCUT2D eigenvalue weighted by atomic mass is 127. The minimum atomic E-state index is -0.332. The molecule has 0 radical (unpaired) electrons. The lowest BCUT2D eigenvalue weighted by Gasteiger charge is -2.07. The summed E-state index contributed by atoms with van der Waals surface area (Å²) in [6.07, 6.45) is 0.174. The molecule has 0 unspecified atom stereocenters. The largest absolute Gasteiger partial charge is 0.466 e. The van der Waals surface area contributed by atoms with Crippen molar-refractivity contribution in [3.05, 3.63) is 27.8 Å². The molecule has 98 valence electrons. The number of hydrogen-bond donors (Lipinski definition) is 2. The monoisotopic (exact) mass is 362 g/mol. The van der Waals surface area contributed by atoms with E-state index in [2.05, 4.69) is 33.2 Å². The lowest BCUT2D eigenvalue weighted by Crippen LogP contribution is -2.30. The number of rotatable bonds is 5. The highest BCUT2D eigenvalue weighted by Gasteiger charge is 2.04. The molecule has 0 bridgehead atoms. The molecule has 1 aromatic carbocycles. The van der Waals surface area contributed by atoms with Gasteiger partial charge < -0.3 is 15.4 Å². The van der Waals surface area contributed by atoms with Crippen LogP contribution in [0.2, 0.25) is 0 Å². The minimum Gasteiger partial charge on any atom is -0.466 e. The molecule has 0 aliphatic rings. The third-order valence-electron chi connectivity index (χ3n) is 2.00. The maximum atomic E-state index is 11.5. The summed E-state index contributed by atoms with van der Waals surface area (Å²) in [4.78, 5) is 22.5. The zero-order valence-electron chi connectivity index (χ0n) is 10.0. The lowest BCUT2D eigenvalue weighted by atomic mass is 10.3. The van der Waals surface area contributed by atoms with Gasteiger partial charge in [-0.2, -0.15) is 0 Å². The van der Waals surface area contributed by atoms with E-state index in [-0.39, 0.29) is 25.0 Å². The Morgan fingerprint density at radius 1 is 1.39 bits per heavy atom. The number of nitrogens with one attached hydrogen (secondary N) is 2. The number of ether oxygens (including phenoxy) is 1. The summed E-state index contributed by atoms with van der Waals surface area (Å²) in [5.41, 5.74) is 0.718. The van der Waals surface area contributed by atoms with Crippen molar-refractivity contribution in [3.8, 4) is 0 Å². The average Bonchev–Trinajstić information content (AvgIpc) is 2.29. The Bertz CT molecular complexity index is 424. The molecule has 0 spiro atoms. The molecule has 0 atom stereocenters. The fourth-order valence-electron chi connectivity index (χ4n) is 1.25. The van der Waals surface area contributed by atoms with Crippen LogP contribution in [0.15, 0.2) is 24.3 Å². The Morgan fingerprint density at radius 2 is 2.17 bits per heavy atom. The fraction of sp³-hybridized carbons (Fsp3) is 0.333. The molecule has 6 heteroatoms. The van der Waals surface area contributed by atoms with Gasteiger partial charge in [-0.25, -0.2) is 4.79 Å². The van der Waals surface area contributed by atoms with Gasteiger partial charge in [0.15, 0.2) is 0 Å². The van der Waals surface area contributed by atoms with Crippen molar-refractivity contribution >= 4 is 40.3 Å². The Labute approximate surface area is 119 Å². The summed E-state index contributed by atoms with van der Waals surface area (Å²) in [6, 6.07) is 7.11. The van der Waals surface area contributed by atoms with Gasteiger partial charge in [-0.1, -0.05) is 6.07 Å². The van der Waals surface area contributed by atoms with Crippen LogP contribution in [-0.2, 0) is 9.53 Å². The quantitative estimate of drug-likeness (QED) is 0.624. The van der Waals surface area contributed by atoms with Gasteiger partial charge in [-0.05, 0) is 47.7 Å². The van der Waals surface area contributed by atoms with E-state index in [1.165, 1.54) is 0 Å². The zero-order valence-corrected chi connectivity index (χ0v) is 12.2. The zero-order chi connectivity index (χ0) is 13.4. The van der Waals surface area contributed by atoms with Gasteiger partial charge in [-0.15, -0.1) is 0 Å². The number of carbonyl (C=O) groups excluding carboxylic acids is 2. The van der Waals surface area contributed by atoms with Crippen LogP contribution in [0.5, 0.6) is 0 Å². The molecule has 1 aromatic rings. The van der Waals surface area contributed by atoms with Crippen molar-refractivity contribution in [3.63, 3.8) is 0 Å². The highest BCUT2D eigenvalue weighted by Crippen LogP contribution is 2.11. The molecule has 0 fully saturated rings. The van der Waals surface area contributed by atoms with E-state index in [0.717, 1.165) is 9.26 Å². The van der Waals surface area contributed by atoms with Crippen molar-refractivity contribution in [2.45, 2.75) is 13.3 Å². The molecule has 0 aliphatic carbocycles. The molecule has 2 amide bonds. The van der Waals surface area contributed by atoms with Crippen LogP contribution in [0.1, 0.15) is 13.3 Å². The predicted octanol–water partition coefficient (Wildman–Crippen LogP) is 2.37. The third kappa shape index (κ3) is 5.85. The van der Waals surface area contributed by atoms with Crippen molar-refractivity contribution < 1.29 is 14.3 Å². The normalized spacial score (nSPS) is 9.67. The summed E-state index contributed by atoms with van der Waals surface area (Å²) in [7, 11) is 0. The summed E-state index contributed by atoms with van der Waals surface area (Å²) in [5.74, 6) is -0.313. The van der Waals surface area contributed by atoms with Gasteiger partial charge in [0.25, 0.3) is 0 Å². The lowest BCUT2D eigenvalue weighted by molar-refractivity contribution is -0.142. The van der Waals surface area contributed by atoms with Gasteiger partial charge in [0.1, 0.15) is 0 Å². The SMILES string of the molecule is CCOC(=O)CCNC(=O)Nc1cccc(I)c1. The van der Waals surface area contributed by atoms with E-state index >= 15 is 0 Å². The molecule has 0 saturated heterocycles. The fourth-order valence-corrected chi connectivity index (χ4v) is 1.80. The number of halogens is 1. The van der Waals surface area contributed by atoms with Gasteiger partial charge in [-0.3, -0.25) is 4.79 Å². The first kappa shape index (κ1) is 14.7. The van der Waals surface area contributed by atoms with Crippen LogP contribution in [0.25, 0.3) is 0 Å². The maximum absolute atomic E-state index is 11.5. The molecule has 0 aromatic heterocycles. The third-order valence-corrected chi connectivity index (χ3v) is 2.67. The van der Waals surface area contributed by atoms with E-state index < -0.39 is 0 Å². The standard InChI is InChI=1S/C12H15IN2O3/c1-2-18-11(16)6-7-14-12(17)15-10-5-3-4-9(13)8-10/h3-5,8H,2,6-7H2,1H3,(H2,14,15,17). The van der Waals surface area contributed by atoms with Crippen LogP contribution in [0, 0.1) is 3.57 Å². The molecule has 0 saturated carbocycles. The molecule has 1 rings (SSSR count). The number of esters is 1. The van der Waals surface area contributed by atoms with Crippen molar-refractivity contribution in [1.29, 1.82) is 0 Å². The molecular weight excluding hydrogens is 347 g/mol. The van der Waals surface area contributed by atoms with Crippen molar-refractivity contribution in [2.24, 2.45) is 0 Å². The molecule has 18 heavy (non-hydrogen) atoms. The van der Waals surface area contributed by atoms with E-state index in [9.17, 15) is 9.59 Å². The Morgan fingerprint density at radius 3 is 2.83 bits per heavy atom. The van der Waals surface area contributed by atoms with Gasteiger partial charge in [0.05, 0.1) is 13.0 Å². The summed E-state index contributed by atoms with van der Waals surface area (Å²) in [6.45, 7) is 2.36. The highest BCUT2D eigenvalue weighted by molar-refractivity contribution is 14.1. The maximum Gasteiger partial charge on any atom is 0.319 e. The second-order valence-corrected chi connectivity index (χ2v) is 4.69. The number of amides is 2. The first-order valence-electron chi connectivity index (χ1n) is 5.58. The van der Waals surface area contributed by atoms with Crippen molar-refractivity contribution in [1.82, 2.24) is 5.32 Å². The number of urea groups is 1. The second-order valence-electron chi connectivity index (χ2n) is 3.45. The number of benzene rings is 1. The summed E-state index contributed by atoms with van der Waals surface area (Å²) in [5, 5.41) is 5.27. The smallest absolute Gasteiger partial charge is 0.319 e. The van der Waals surface area contributed by atoms with E-state index in [0.29, 0.717) is 6.61 Å². The van der Waals surface area contributed by atoms with Crippen LogP contribution in [0.4, 0.5) is 10.5 Å². The van der Waals surface area contributed by atoms with Crippen LogP contribution in [-0.4, -0.2) is 25.2 Å². The average molecular weight is 362 g/mol. The first-order valence-corrected chi connectivity index (χ1v) is 6.65. The van der Waals surface area contributed by atoms with Crippen LogP contribution in [0.3, 0.4) is 0 Å². The molecule has 5 nitrogen and oxygen atoms in total. The topological polar surface area (TPSA) is 67.4 Å². The number of hydrogen-bond acceptors (Lipinski definition) is 3.